The molecule has 0 aliphatic carbocycles. The number of para-hydroxylation sites is 1. The van der Waals surface area contributed by atoms with Gasteiger partial charge in [0, 0.05) is 6.20 Å². The average Bonchev–Trinajstić information content (AvgIpc) is 3.06. The molecule has 0 saturated carbocycles. The minimum atomic E-state index is -4.94. The van der Waals surface area contributed by atoms with Crippen molar-refractivity contribution < 1.29 is 50.5 Å². The lowest BCUT2D eigenvalue weighted by Crippen LogP contribution is -2.57. The van der Waals surface area contributed by atoms with E-state index in [9.17, 15) is 32.8 Å². The van der Waals surface area contributed by atoms with Crippen molar-refractivity contribution in [2.75, 3.05) is 6.61 Å². The van der Waals surface area contributed by atoms with Crippen LogP contribution in [-0.2, 0) is 23.4 Å². The average molecular weight is 618 g/mol. The van der Waals surface area contributed by atoms with Gasteiger partial charge in [0.05, 0.1) is 12.7 Å². The fraction of sp³-hybridized carbons (Fsp3) is 0.500. The van der Waals surface area contributed by atoms with Crippen LogP contribution >= 0.6 is 19.3 Å². The molecule has 1 saturated heterocycles. The van der Waals surface area contributed by atoms with E-state index in [1.165, 1.54) is 45.0 Å². The lowest BCUT2D eigenvalue weighted by molar-refractivity contribution is -0.242. The number of carbonyl (C=O) groups excluding carboxylic acids is 1. The van der Waals surface area contributed by atoms with Crippen molar-refractivity contribution in [2.45, 2.75) is 63.2 Å². The number of carbonyl (C=O) groups is 1. The molecule has 1 fully saturated rings. The van der Waals surface area contributed by atoms with Gasteiger partial charge in [-0.2, -0.15) is 13.9 Å². The molecular formula is C22H25ClF4N3O9P. The van der Waals surface area contributed by atoms with Crippen LogP contribution in [0.5, 0.6) is 5.75 Å². The molecule has 1 aliphatic rings. The minimum absolute atomic E-state index is 0.152. The first-order chi connectivity index (χ1) is 18.5. The Morgan fingerprint density at radius 3 is 2.45 bits per heavy atom. The lowest BCUT2D eigenvalue weighted by atomic mass is 9.95. The summed E-state index contributed by atoms with van der Waals surface area (Å²) < 4.78 is 93.2. The Hall–Kier alpha value is -2.75. The third kappa shape index (κ3) is 6.42. The quantitative estimate of drug-likeness (QED) is 0.194. The molecule has 3 N–H and O–H groups in total. The van der Waals surface area contributed by atoms with Gasteiger partial charge in [-0.05, 0) is 32.9 Å². The molecule has 222 valence electrons. The van der Waals surface area contributed by atoms with E-state index in [0.717, 1.165) is 0 Å². The predicted octanol–water partition coefficient (Wildman–Crippen LogP) is 2.85. The highest BCUT2D eigenvalue weighted by molar-refractivity contribution is 7.52. The van der Waals surface area contributed by atoms with Crippen LogP contribution < -0.4 is 20.9 Å². The van der Waals surface area contributed by atoms with Crippen molar-refractivity contribution in [2.24, 2.45) is 0 Å². The summed E-state index contributed by atoms with van der Waals surface area (Å²) in [6, 6.07) is 5.57. The van der Waals surface area contributed by atoms with Gasteiger partial charge in [-0.15, -0.1) is 0 Å². The highest BCUT2D eigenvalue weighted by Gasteiger charge is 2.74. The molecule has 12 nitrogen and oxygen atoms in total. The first-order valence-corrected chi connectivity index (χ1v) is 13.5. The number of aromatic nitrogens is 2. The van der Waals surface area contributed by atoms with Crippen molar-refractivity contribution in [3.63, 3.8) is 0 Å². The monoisotopic (exact) mass is 617 g/mol. The molecule has 5 atom stereocenters. The molecule has 0 bridgehead atoms. The summed E-state index contributed by atoms with van der Waals surface area (Å²) in [7, 11) is -4.94. The number of nitrogens with one attached hydrogen (secondary N) is 2. The van der Waals surface area contributed by atoms with Gasteiger partial charge in [-0.1, -0.05) is 29.8 Å². The van der Waals surface area contributed by atoms with Gasteiger partial charge in [0.25, 0.3) is 12.0 Å². The molecular weight excluding hydrogens is 593 g/mol. The Kier molecular flexibility index (Phi) is 9.54. The fourth-order valence-corrected chi connectivity index (χ4v) is 5.22. The number of H-pyrrole nitrogens is 1. The molecule has 0 amide bonds. The van der Waals surface area contributed by atoms with E-state index in [4.69, 9.17) is 30.1 Å². The number of aliphatic hydroxyl groups is 1. The first kappa shape index (κ1) is 31.8. The summed E-state index contributed by atoms with van der Waals surface area (Å²) in [4.78, 5) is 37.6. The first-order valence-electron chi connectivity index (χ1n) is 11.5. The number of halogens is 5. The highest BCUT2D eigenvalue weighted by Crippen LogP contribution is 2.54. The van der Waals surface area contributed by atoms with Crippen molar-refractivity contribution in [3.8, 4) is 5.75 Å². The van der Waals surface area contributed by atoms with Crippen molar-refractivity contribution in [1.82, 2.24) is 14.6 Å². The smallest absolute Gasteiger partial charge is 0.459 e. The molecule has 40 heavy (non-hydrogen) atoms. The van der Waals surface area contributed by atoms with Crippen molar-refractivity contribution in [3.05, 3.63) is 62.4 Å². The van der Waals surface area contributed by atoms with Crippen LogP contribution in [0.3, 0.4) is 0 Å². The second-order valence-electron chi connectivity index (χ2n) is 8.92. The lowest BCUT2D eigenvalue weighted by Gasteiger charge is -2.34. The van der Waals surface area contributed by atoms with Gasteiger partial charge in [0.1, 0.15) is 16.8 Å². The number of benzene rings is 1. The van der Waals surface area contributed by atoms with Gasteiger partial charge < -0.3 is 19.1 Å². The normalized spacial score (nSPS) is 24.6. The summed E-state index contributed by atoms with van der Waals surface area (Å²) in [5.74, 6) is -5.94. The summed E-state index contributed by atoms with van der Waals surface area (Å²) in [5, 5.41) is 11.7. The number of aliphatic hydroxyl groups excluding tert-OH is 1. The number of aromatic amines is 1. The zero-order chi connectivity index (χ0) is 30.0. The standard InChI is InChI=1S/C22H25ClF4N3O9P/c1-11(2)37-18(33)12(3)29-40(35,39-13-7-5-4-6-8-13)36-10-21(19(24)25)22(26,27)15(31)17(38-21)30-9-14(23)16(32)28-20(30)34/h4-9,11-12,15,17,19,31H,10H2,1-3H3,(H,29,35)(H,28,32,34). The number of alkyl halides is 4. The van der Waals surface area contributed by atoms with Crippen LogP contribution in [-0.4, -0.2) is 63.4 Å². The minimum Gasteiger partial charge on any atom is -0.462 e. The van der Waals surface area contributed by atoms with Crippen LogP contribution in [0, 0.1) is 0 Å². The molecule has 2 heterocycles. The zero-order valence-corrected chi connectivity index (χ0v) is 22.7. The molecule has 18 heteroatoms. The van der Waals surface area contributed by atoms with E-state index < -0.39 is 79.0 Å². The Morgan fingerprint density at radius 2 is 1.88 bits per heavy atom. The molecule has 0 spiro atoms. The van der Waals surface area contributed by atoms with Crippen LogP contribution in [0.2, 0.25) is 5.02 Å². The predicted molar refractivity (Wildman–Crippen MR) is 131 cm³/mol. The SMILES string of the molecule is CC(C)OC(=O)C(C)NP(=O)(OCC1(C(F)F)OC(n2cc(Cl)c(=O)[nH]c2=O)C(O)C1(F)F)Oc1ccccc1. The third-order valence-corrected chi connectivity index (χ3v) is 7.46. The van der Waals surface area contributed by atoms with E-state index in [1.54, 1.807) is 11.1 Å². The van der Waals surface area contributed by atoms with Crippen LogP contribution in [0.15, 0.2) is 46.1 Å². The maximum atomic E-state index is 15.3. The largest absolute Gasteiger partial charge is 0.462 e. The zero-order valence-electron chi connectivity index (χ0n) is 21.1. The third-order valence-electron chi connectivity index (χ3n) is 5.56. The summed E-state index contributed by atoms with van der Waals surface area (Å²) >= 11 is 5.62. The van der Waals surface area contributed by atoms with E-state index in [-0.39, 0.29) is 10.3 Å². The highest BCUT2D eigenvalue weighted by atomic mass is 35.5. The Balaban J connectivity index is 1.98. The van der Waals surface area contributed by atoms with E-state index in [0.29, 0.717) is 6.20 Å². The van der Waals surface area contributed by atoms with Crippen LogP contribution in [0.4, 0.5) is 17.6 Å². The van der Waals surface area contributed by atoms with Gasteiger partial charge in [0.15, 0.2) is 12.3 Å². The topological polar surface area (TPSA) is 158 Å². The van der Waals surface area contributed by atoms with E-state index in [2.05, 4.69) is 5.09 Å². The van der Waals surface area contributed by atoms with Crippen molar-refractivity contribution >= 4 is 25.3 Å². The van der Waals surface area contributed by atoms with E-state index in [1.807, 2.05) is 0 Å². The van der Waals surface area contributed by atoms with Gasteiger partial charge in [-0.3, -0.25) is 23.7 Å². The molecule has 1 aromatic heterocycles. The summed E-state index contributed by atoms with van der Waals surface area (Å²) in [6.45, 7) is 2.34. The number of nitrogens with zero attached hydrogens (tertiary/aromatic N) is 1. The van der Waals surface area contributed by atoms with Gasteiger partial charge in [-0.25, -0.2) is 18.1 Å². The number of ether oxygens (including phenoxy) is 2. The Labute approximate surface area is 228 Å². The van der Waals surface area contributed by atoms with Crippen LogP contribution in [0.1, 0.15) is 27.0 Å². The second-order valence-corrected chi connectivity index (χ2v) is 11.0. The molecule has 1 aromatic carbocycles. The molecule has 0 radical (unpaired) electrons. The number of rotatable bonds is 11. The maximum absolute atomic E-state index is 15.3. The second kappa shape index (κ2) is 12.0. The summed E-state index contributed by atoms with van der Waals surface area (Å²) in [5.41, 5.74) is -6.52. The summed E-state index contributed by atoms with van der Waals surface area (Å²) in [6.07, 6.45) is -9.77. The molecule has 1 aliphatic heterocycles. The van der Waals surface area contributed by atoms with E-state index >= 15 is 8.78 Å². The number of hydrogen-bond donors (Lipinski definition) is 3. The molecule has 3 rings (SSSR count). The Morgan fingerprint density at radius 1 is 1.25 bits per heavy atom. The van der Waals surface area contributed by atoms with Crippen LogP contribution in [0.25, 0.3) is 0 Å². The van der Waals surface area contributed by atoms with Crippen molar-refractivity contribution in [1.29, 1.82) is 0 Å². The fourth-order valence-electron chi connectivity index (χ4n) is 3.55. The molecule has 5 unspecified atom stereocenters. The van der Waals surface area contributed by atoms with Gasteiger partial charge >= 0.3 is 25.3 Å². The maximum Gasteiger partial charge on any atom is 0.459 e. The Bertz CT molecular complexity index is 1380. The number of esters is 1. The van der Waals surface area contributed by atoms with Gasteiger partial charge in [0.2, 0.25) is 5.60 Å². The molecule has 2 aromatic rings. The number of hydrogen-bond acceptors (Lipinski definition) is 9.